The molecular formula is C20H23ClN4O. The van der Waals surface area contributed by atoms with Gasteiger partial charge in [0.15, 0.2) is 5.69 Å². The second-order valence-electron chi connectivity index (χ2n) is 6.56. The molecule has 0 bridgehead atoms. The molecule has 136 valence electrons. The molecule has 26 heavy (non-hydrogen) atoms. The molecule has 0 aliphatic heterocycles. The Bertz CT molecular complexity index is 886. The lowest BCUT2D eigenvalue weighted by atomic mass is 10.2. The Morgan fingerprint density at radius 2 is 1.88 bits per heavy atom. The number of hydrogen-bond donors (Lipinski definition) is 1. The third-order valence-corrected chi connectivity index (χ3v) is 4.44. The van der Waals surface area contributed by atoms with E-state index in [2.05, 4.69) is 15.3 Å². The summed E-state index contributed by atoms with van der Waals surface area (Å²) in [6.45, 7) is 2.16. The first kappa shape index (κ1) is 18.4. The highest BCUT2D eigenvalue weighted by Crippen LogP contribution is 2.20. The second-order valence-corrected chi connectivity index (χ2v) is 7.00. The van der Waals surface area contributed by atoms with Crippen LogP contribution < -0.4 is 5.32 Å². The predicted molar refractivity (Wildman–Crippen MR) is 106 cm³/mol. The average Bonchev–Trinajstić information content (AvgIpc) is 2.99. The van der Waals surface area contributed by atoms with Crippen molar-refractivity contribution in [3.63, 3.8) is 0 Å². The largest absolute Gasteiger partial charge is 0.351 e. The van der Waals surface area contributed by atoms with Gasteiger partial charge in [0.25, 0.3) is 5.91 Å². The van der Waals surface area contributed by atoms with Gasteiger partial charge in [0.2, 0.25) is 0 Å². The van der Waals surface area contributed by atoms with Gasteiger partial charge in [0.05, 0.1) is 12.1 Å². The topological polar surface area (TPSA) is 50.2 Å². The van der Waals surface area contributed by atoms with E-state index in [9.17, 15) is 4.79 Å². The molecule has 0 saturated heterocycles. The number of rotatable bonds is 7. The van der Waals surface area contributed by atoms with Crippen LogP contribution in [0, 0.1) is 0 Å². The van der Waals surface area contributed by atoms with Crippen LogP contribution in [0.4, 0.5) is 0 Å². The number of amides is 1. The van der Waals surface area contributed by atoms with Crippen LogP contribution in [0.3, 0.4) is 0 Å². The van der Waals surface area contributed by atoms with Gasteiger partial charge >= 0.3 is 0 Å². The van der Waals surface area contributed by atoms with E-state index < -0.39 is 0 Å². The molecular weight excluding hydrogens is 348 g/mol. The summed E-state index contributed by atoms with van der Waals surface area (Å²) in [6, 6.07) is 15.5. The molecule has 1 heterocycles. The SMILES string of the molecule is CN(C)CCCNC(=O)c1nn(Cc2ccc(Cl)cc2)c2ccccc12. The number of hydrogen-bond acceptors (Lipinski definition) is 3. The molecule has 1 amide bonds. The number of fused-ring (bicyclic) bond motifs is 1. The van der Waals surface area contributed by atoms with Crippen LogP contribution in [-0.2, 0) is 6.54 Å². The molecule has 1 aromatic heterocycles. The molecule has 0 unspecified atom stereocenters. The summed E-state index contributed by atoms with van der Waals surface area (Å²) in [7, 11) is 4.04. The molecule has 5 nitrogen and oxygen atoms in total. The van der Waals surface area contributed by atoms with Gasteiger partial charge in [-0.15, -0.1) is 0 Å². The number of carbonyl (C=O) groups excluding carboxylic acids is 1. The summed E-state index contributed by atoms with van der Waals surface area (Å²) < 4.78 is 1.87. The van der Waals surface area contributed by atoms with Crippen LogP contribution in [-0.4, -0.2) is 47.8 Å². The van der Waals surface area contributed by atoms with Gasteiger partial charge in [-0.05, 0) is 50.8 Å². The maximum Gasteiger partial charge on any atom is 0.272 e. The molecule has 6 heteroatoms. The molecule has 0 aliphatic carbocycles. The Kier molecular flexibility index (Phi) is 5.91. The number of nitrogens with one attached hydrogen (secondary N) is 1. The highest BCUT2D eigenvalue weighted by atomic mass is 35.5. The van der Waals surface area contributed by atoms with Gasteiger partial charge < -0.3 is 10.2 Å². The van der Waals surface area contributed by atoms with E-state index in [1.807, 2.05) is 67.3 Å². The fourth-order valence-electron chi connectivity index (χ4n) is 2.86. The number of carbonyl (C=O) groups is 1. The molecule has 1 N–H and O–H groups in total. The average molecular weight is 371 g/mol. The lowest BCUT2D eigenvalue weighted by molar-refractivity contribution is 0.0948. The second kappa shape index (κ2) is 8.34. The number of aromatic nitrogens is 2. The first-order valence-corrected chi connectivity index (χ1v) is 9.05. The molecule has 3 rings (SSSR count). The van der Waals surface area contributed by atoms with E-state index in [-0.39, 0.29) is 5.91 Å². The van der Waals surface area contributed by atoms with Crippen LogP contribution in [0.1, 0.15) is 22.5 Å². The Hall–Kier alpha value is -2.37. The van der Waals surface area contributed by atoms with Crippen molar-refractivity contribution in [3.05, 3.63) is 64.8 Å². The van der Waals surface area contributed by atoms with Crippen LogP contribution in [0.5, 0.6) is 0 Å². The standard InChI is InChI=1S/C20H23ClN4O/c1-24(2)13-5-12-22-20(26)19-17-6-3-4-7-18(17)25(23-19)14-15-8-10-16(21)11-9-15/h3-4,6-11H,5,12-14H2,1-2H3,(H,22,26). The van der Waals surface area contributed by atoms with E-state index >= 15 is 0 Å². The van der Waals surface area contributed by atoms with Crippen LogP contribution in [0.2, 0.25) is 5.02 Å². The van der Waals surface area contributed by atoms with E-state index in [0.29, 0.717) is 23.8 Å². The predicted octanol–water partition coefficient (Wildman–Crippen LogP) is 3.42. The first-order chi connectivity index (χ1) is 12.5. The first-order valence-electron chi connectivity index (χ1n) is 8.67. The van der Waals surface area contributed by atoms with Crippen molar-refractivity contribution in [1.29, 1.82) is 0 Å². The fourth-order valence-corrected chi connectivity index (χ4v) is 2.99. The van der Waals surface area contributed by atoms with Crippen molar-refractivity contribution < 1.29 is 4.79 Å². The Morgan fingerprint density at radius 1 is 1.15 bits per heavy atom. The minimum Gasteiger partial charge on any atom is -0.351 e. The molecule has 0 atom stereocenters. The lowest BCUT2D eigenvalue weighted by Crippen LogP contribution is -2.27. The summed E-state index contributed by atoms with van der Waals surface area (Å²) in [4.78, 5) is 14.7. The van der Waals surface area contributed by atoms with E-state index in [1.54, 1.807) is 0 Å². The molecule has 0 saturated carbocycles. The lowest BCUT2D eigenvalue weighted by Gasteiger charge is -2.09. The molecule has 0 fully saturated rings. The van der Waals surface area contributed by atoms with Gasteiger partial charge in [-0.25, -0.2) is 0 Å². The summed E-state index contributed by atoms with van der Waals surface area (Å²) >= 11 is 5.96. The van der Waals surface area contributed by atoms with Crippen LogP contribution >= 0.6 is 11.6 Å². The van der Waals surface area contributed by atoms with Gasteiger partial charge in [-0.1, -0.05) is 41.9 Å². The number of halogens is 1. The van der Waals surface area contributed by atoms with Crippen LogP contribution in [0.15, 0.2) is 48.5 Å². The minimum atomic E-state index is -0.130. The van der Waals surface area contributed by atoms with E-state index in [4.69, 9.17) is 11.6 Å². The maximum atomic E-state index is 12.6. The maximum absolute atomic E-state index is 12.6. The summed E-state index contributed by atoms with van der Waals surface area (Å²) in [6.07, 6.45) is 0.905. The van der Waals surface area contributed by atoms with Gasteiger partial charge in [0.1, 0.15) is 0 Å². The van der Waals surface area contributed by atoms with E-state index in [1.165, 1.54) is 0 Å². The van der Waals surface area contributed by atoms with Crippen molar-refractivity contribution in [3.8, 4) is 0 Å². The van der Waals surface area contributed by atoms with E-state index in [0.717, 1.165) is 29.4 Å². The third kappa shape index (κ3) is 4.42. The third-order valence-electron chi connectivity index (χ3n) is 4.19. The van der Waals surface area contributed by atoms with Crippen molar-refractivity contribution in [2.24, 2.45) is 0 Å². The number of nitrogens with zero attached hydrogens (tertiary/aromatic N) is 3. The molecule has 3 aromatic rings. The fraction of sp³-hybridized carbons (Fsp3) is 0.300. The summed E-state index contributed by atoms with van der Waals surface area (Å²) in [5, 5.41) is 9.13. The Morgan fingerprint density at radius 3 is 2.62 bits per heavy atom. The highest BCUT2D eigenvalue weighted by Gasteiger charge is 2.16. The zero-order valence-electron chi connectivity index (χ0n) is 15.1. The summed E-state index contributed by atoms with van der Waals surface area (Å²) in [5.41, 5.74) is 2.50. The normalized spacial score (nSPS) is 11.2. The minimum absolute atomic E-state index is 0.130. The molecule has 0 spiro atoms. The summed E-state index contributed by atoms with van der Waals surface area (Å²) in [5.74, 6) is -0.130. The van der Waals surface area contributed by atoms with Gasteiger partial charge in [-0.3, -0.25) is 9.48 Å². The number of para-hydroxylation sites is 1. The van der Waals surface area contributed by atoms with Crippen molar-refractivity contribution in [1.82, 2.24) is 20.0 Å². The quantitative estimate of drug-likeness (QED) is 0.648. The van der Waals surface area contributed by atoms with Gasteiger partial charge in [-0.2, -0.15) is 5.10 Å². The zero-order chi connectivity index (χ0) is 18.5. The van der Waals surface area contributed by atoms with Gasteiger partial charge in [0, 0.05) is 17.0 Å². The Labute approximate surface area is 158 Å². The number of benzene rings is 2. The van der Waals surface area contributed by atoms with Crippen molar-refractivity contribution >= 4 is 28.4 Å². The van der Waals surface area contributed by atoms with Crippen LogP contribution in [0.25, 0.3) is 10.9 Å². The highest BCUT2D eigenvalue weighted by molar-refractivity contribution is 6.30. The molecule has 2 aromatic carbocycles. The molecule has 0 aliphatic rings. The van der Waals surface area contributed by atoms with Crippen molar-refractivity contribution in [2.75, 3.05) is 27.2 Å². The smallest absolute Gasteiger partial charge is 0.272 e. The Balaban J connectivity index is 1.80. The van der Waals surface area contributed by atoms with Crippen molar-refractivity contribution in [2.45, 2.75) is 13.0 Å². The monoisotopic (exact) mass is 370 g/mol. The zero-order valence-corrected chi connectivity index (χ0v) is 15.8. The molecule has 0 radical (unpaired) electrons.